The summed E-state index contributed by atoms with van der Waals surface area (Å²) in [7, 11) is 3.87. The molecule has 3 aromatic rings. The van der Waals surface area contributed by atoms with Crippen molar-refractivity contribution < 1.29 is 14.7 Å². The van der Waals surface area contributed by atoms with Gasteiger partial charge in [0.1, 0.15) is 11.4 Å². The van der Waals surface area contributed by atoms with Crippen LogP contribution in [0.2, 0.25) is 0 Å². The lowest BCUT2D eigenvalue weighted by molar-refractivity contribution is -0.117. The first kappa shape index (κ1) is 23.7. The van der Waals surface area contributed by atoms with Crippen LogP contribution in [-0.2, 0) is 4.79 Å². The molecule has 0 aliphatic rings. The number of nitrogens with one attached hydrogen (secondary N) is 2. The molecule has 0 spiro atoms. The first-order chi connectivity index (χ1) is 15.8. The van der Waals surface area contributed by atoms with Crippen molar-refractivity contribution in [2.75, 3.05) is 19.0 Å². The van der Waals surface area contributed by atoms with Crippen LogP contribution in [0, 0.1) is 0 Å². The molecule has 0 fully saturated rings. The quantitative estimate of drug-likeness (QED) is 0.255. The van der Waals surface area contributed by atoms with Crippen molar-refractivity contribution in [1.82, 2.24) is 10.7 Å². The maximum atomic E-state index is 12.8. The number of hydrazone groups is 1. The second kappa shape index (κ2) is 11.1. The Hall–Kier alpha value is -3.91. The summed E-state index contributed by atoms with van der Waals surface area (Å²) in [5, 5.41) is 16.5. The SMILES string of the molecule is CN(C)c1ccc(/C=C(/NC(=O)c2ccccc2)C(=O)N/N=C\c2cc(Br)ccc2O)cc1. The third-order valence-electron chi connectivity index (χ3n) is 4.61. The average Bonchev–Trinajstić information content (AvgIpc) is 2.81. The molecule has 0 bridgehead atoms. The van der Waals surface area contributed by atoms with Gasteiger partial charge in [0.25, 0.3) is 11.8 Å². The number of aromatic hydroxyl groups is 1. The molecule has 3 aromatic carbocycles. The summed E-state index contributed by atoms with van der Waals surface area (Å²) in [6, 6.07) is 21.0. The number of phenols is 1. The molecule has 3 N–H and O–H groups in total. The van der Waals surface area contributed by atoms with Gasteiger partial charge in [-0.1, -0.05) is 46.3 Å². The highest BCUT2D eigenvalue weighted by molar-refractivity contribution is 9.10. The van der Waals surface area contributed by atoms with Crippen LogP contribution in [0.5, 0.6) is 5.75 Å². The molecule has 8 heteroatoms. The van der Waals surface area contributed by atoms with E-state index >= 15 is 0 Å². The fourth-order valence-corrected chi connectivity index (χ4v) is 3.21. The van der Waals surface area contributed by atoms with Crippen LogP contribution in [0.1, 0.15) is 21.5 Å². The number of benzene rings is 3. The molecule has 0 saturated heterocycles. The number of anilines is 1. The van der Waals surface area contributed by atoms with Gasteiger partial charge in [0.05, 0.1) is 6.21 Å². The summed E-state index contributed by atoms with van der Waals surface area (Å²) in [4.78, 5) is 27.5. The second-order valence-corrected chi connectivity index (χ2v) is 8.18. The third kappa shape index (κ3) is 6.78. The molecule has 2 amide bonds. The molecule has 3 rings (SSSR count). The summed E-state index contributed by atoms with van der Waals surface area (Å²) < 4.78 is 0.755. The highest BCUT2D eigenvalue weighted by Gasteiger charge is 2.14. The summed E-state index contributed by atoms with van der Waals surface area (Å²) in [5.74, 6) is -1.01. The molecule has 7 nitrogen and oxygen atoms in total. The van der Waals surface area contributed by atoms with Crippen LogP contribution in [0.4, 0.5) is 5.69 Å². The van der Waals surface area contributed by atoms with Gasteiger partial charge >= 0.3 is 0 Å². The lowest BCUT2D eigenvalue weighted by Crippen LogP contribution is -2.32. The summed E-state index contributed by atoms with van der Waals surface area (Å²) >= 11 is 3.32. The molecule has 0 atom stereocenters. The van der Waals surface area contributed by atoms with Crippen molar-refractivity contribution in [2.24, 2.45) is 5.10 Å². The monoisotopic (exact) mass is 506 g/mol. The lowest BCUT2D eigenvalue weighted by Gasteiger charge is -2.12. The first-order valence-corrected chi connectivity index (χ1v) is 10.8. The van der Waals surface area contributed by atoms with Crippen molar-refractivity contribution in [1.29, 1.82) is 0 Å². The van der Waals surface area contributed by atoms with Crippen molar-refractivity contribution >= 4 is 45.7 Å². The molecule has 0 aliphatic carbocycles. The van der Waals surface area contributed by atoms with Crippen LogP contribution < -0.4 is 15.6 Å². The van der Waals surface area contributed by atoms with Crippen molar-refractivity contribution in [3.05, 3.63) is 99.7 Å². The number of amides is 2. The van der Waals surface area contributed by atoms with Gasteiger partial charge in [-0.25, -0.2) is 5.43 Å². The van der Waals surface area contributed by atoms with Gasteiger partial charge in [-0.05, 0) is 54.1 Å². The Labute approximate surface area is 200 Å². The predicted molar refractivity (Wildman–Crippen MR) is 134 cm³/mol. The number of carbonyl (C=O) groups is 2. The third-order valence-corrected chi connectivity index (χ3v) is 5.10. The van der Waals surface area contributed by atoms with Gasteiger partial charge in [-0.15, -0.1) is 0 Å². The van der Waals surface area contributed by atoms with Crippen molar-refractivity contribution in [3.63, 3.8) is 0 Å². The van der Waals surface area contributed by atoms with E-state index in [0.717, 1.165) is 15.7 Å². The van der Waals surface area contributed by atoms with E-state index < -0.39 is 11.8 Å². The summed E-state index contributed by atoms with van der Waals surface area (Å²) in [6.45, 7) is 0. The summed E-state index contributed by atoms with van der Waals surface area (Å²) in [6.07, 6.45) is 2.89. The van der Waals surface area contributed by atoms with E-state index in [1.165, 1.54) is 12.3 Å². The standard InChI is InChI=1S/C25H23BrN4O3/c1-30(2)21-11-8-17(9-12-21)14-22(28-24(32)18-6-4-3-5-7-18)25(33)29-27-16-19-15-20(26)10-13-23(19)31/h3-16,31H,1-2H3,(H,28,32)(H,29,33)/b22-14+,27-16-. The molecular weight excluding hydrogens is 484 g/mol. The maximum Gasteiger partial charge on any atom is 0.287 e. The minimum absolute atomic E-state index is 0.0188. The molecule has 0 saturated carbocycles. The number of rotatable bonds is 7. The van der Waals surface area contributed by atoms with Crippen LogP contribution in [0.25, 0.3) is 6.08 Å². The second-order valence-electron chi connectivity index (χ2n) is 7.27. The Morgan fingerprint density at radius 2 is 1.70 bits per heavy atom. The van der Waals surface area contributed by atoms with Crippen LogP contribution in [-0.4, -0.2) is 37.2 Å². The Morgan fingerprint density at radius 1 is 1.00 bits per heavy atom. The molecular formula is C25H23BrN4O3. The normalized spacial score (nSPS) is 11.3. The van der Waals surface area contributed by atoms with Crippen molar-refractivity contribution in [3.8, 4) is 5.75 Å². The van der Waals surface area contributed by atoms with E-state index in [1.54, 1.807) is 48.5 Å². The number of phenolic OH excluding ortho intramolecular Hbond substituents is 1. The van der Waals surface area contributed by atoms with Crippen LogP contribution in [0.15, 0.2) is 88.1 Å². The number of hydrogen-bond acceptors (Lipinski definition) is 5. The van der Waals surface area contributed by atoms with Crippen molar-refractivity contribution in [2.45, 2.75) is 0 Å². The molecule has 0 heterocycles. The van der Waals surface area contributed by atoms with E-state index in [1.807, 2.05) is 43.3 Å². The Morgan fingerprint density at radius 3 is 2.36 bits per heavy atom. The average molecular weight is 507 g/mol. The van der Waals surface area contributed by atoms with Gasteiger partial charge in [0.2, 0.25) is 0 Å². The van der Waals surface area contributed by atoms with E-state index in [2.05, 4.69) is 31.8 Å². The number of carbonyl (C=O) groups excluding carboxylic acids is 2. The fourth-order valence-electron chi connectivity index (χ4n) is 2.83. The van der Waals surface area contributed by atoms with Gasteiger partial charge in [-0.2, -0.15) is 5.10 Å². The minimum Gasteiger partial charge on any atom is -0.507 e. The molecule has 0 unspecified atom stereocenters. The molecule has 0 aromatic heterocycles. The zero-order valence-corrected chi connectivity index (χ0v) is 19.7. The minimum atomic E-state index is -0.610. The molecule has 168 valence electrons. The predicted octanol–water partition coefficient (Wildman–Crippen LogP) is 4.14. The Kier molecular flexibility index (Phi) is 7.99. The molecule has 33 heavy (non-hydrogen) atoms. The highest BCUT2D eigenvalue weighted by Crippen LogP contribution is 2.20. The Bertz CT molecular complexity index is 1190. The van der Waals surface area contributed by atoms with E-state index in [4.69, 9.17) is 0 Å². The zero-order chi connectivity index (χ0) is 23.8. The molecule has 0 aliphatic heterocycles. The smallest absolute Gasteiger partial charge is 0.287 e. The van der Waals surface area contributed by atoms with Crippen LogP contribution in [0.3, 0.4) is 0 Å². The summed E-state index contributed by atoms with van der Waals surface area (Å²) in [5.41, 5.74) is 4.99. The topological polar surface area (TPSA) is 94.0 Å². The number of halogens is 1. The van der Waals surface area contributed by atoms with Crippen LogP contribution >= 0.6 is 15.9 Å². The first-order valence-electron chi connectivity index (χ1n) is 10.0. The molecule has 0 radical (unpaired) electrons. The van der Waals surface area contributed by atoms with Gasteiger partial charge in [-0.3, -0.25) is 9.59 Å². The van der Waals surface area contributed by atoms with Gasteiger partial charge in [0, 0.05) is 35.4 Å². The van der Waals surface area contributed by atoms with E-state index in [-0.39, 0.29) is 11.4 Å². The lowest BCUT2D eigenvalue weighted by atomic mass is 10.1. The Balaban J connectivity index is 1.83. The highest BCUT2D eigenvalue weighted by atomic mass is 79.9. The largest absolute Gasteiger partial charge is 0.507 e. The van der Waals surface area contributed by atoms with E-state index in [9.17, 15) is 14.7 Å². The number of nitrogens with zero attached hydrogens (tertiary/aromatic N) is 2. The number of hydrogen-bond donors (Lipinski definition) is 3. The zero-order valence-electron chi connectivity index (χ0n) is 18.1. The maximum absolute atomic E-state index is 12.8. The van der Waals surface area contributed by atoms with E-state index in [0.29, 0.717) is 11.1 Å². The fraction of sp³-hybridized carbons (Fsp3) is 0.0800. The van der Waals surface area contributed by atoms with Gasteiger partial charge < -0.3 is 15.3 Å². The van der Waals surface area contributed by atoms with Gasteiger partial charge in [0.15, 0.2) is 0 Å².